The number of fused-ring (bicyclic) bond motifs is 6. The van der Waals surface area contributed by atoms with Gasteiger partial charge in [-0.1, -0.05) is 44.2 Å². The maximum Gasteiger partial charge on any atom is 0.344 e. The van der Waals surface area contributed by atoms with Crippen molar-refractivity contribution < 1.29 is 48.2 Å². The number of carbonyl (C=O) groups excluding carboxylic acids is 3. The van der Waals surface area contributed by atoms with Crippen molar-refractivity contribution in [2.45, 2.75) is 99.5 Å². The van der Waals surface area contributed by atoms with E-state index in [1.807, 2.05) is 74.3 Å². The van der Waals surface area contributed by atoms with E-state index < -0.39 is 68.1 Å². The maximum absolute atomic E-state index is 15.3. The minimum Gasteiger partial charge on any atom is -0.633 e. The number of nitrogens with one attached hydrogen (secondary N) is 1. The van der Waals surface area contributed by atoms with E-state index in [1.54, 1.807) is 7.11 Å². The van der Waals surface area contributed by atoms with Gasteiger partial charge >= 0.3 is 17.9 Å². The highest BCUT2D eigenvalue weighted by Crippen LogP contribution is 2.68. The summed E-state index contributed by atoms with van der Waals surface area (Å²) in [5, 5.41) is 41.0. The summed E-state index contributed by atoms with van der Waals surface area (Å²) >= 11 is 0. The van der Waals surface area contributed by atoms with Crippen LogP contribution in [0.3, 0.4) is 0 Å². The normalized spacial score (nSPS) is 37.8. The van der Waals surface area contributed by atoms with Crippen LogP contribution in [0.2, 0.25) is 0 Å². The first-order valence-corrected chi connectivity index (χ1v) is 21.4. The molecule has 0 radical (unpaired) electrons. The number of aromatic amines is 1. The van der Waals surface area contributed by atoms with Crippen LogP contribution in [0.15, 0.2) is 48.6 Å². The topological polar surface area (TPSA) is 174 Å². The third kappa shape index (κ3) is 5.20. The fourth-order valence-corrected chi connectivity index (χ4v) is 13.8. The lowest BCUT2D eigenvalue weighted by Gasteiger charge is -2.63. The number of hydrogen-bond donors (Lipinski definition) is 3. The molecule has 1 spiro atoms. The van der Waals surface area contributed by atoms with E-state index in [2.05, 4.69) is 9.88 Å². The average molecular weight is 827 g/mol. The Morgan fingerprint density at radius 1 is 1.00 bits per heavy atom. The molecule has 3 aromatic rings. The van der Waals surface area contributed by atoms with Gasteiger partial charge in [0.25, 0.3) is 0 Å². The number of aliphatic hydroxyl groups is 2. The number of methoxy groups -OCH3 is 3. The number of esters is 3. The standard InChI is InChI=1S/C46H58N4O10/c1-8-42(54)23-28-24-45(40(52)58-6,36-30(15-20-50(56,25-28)26-42)29-13-10-11-14-33(29)47-36)32-21-31-34(22-35(32)57-5)48(4)38-44(31)17-19-49-18-12-16-43(9-2,37(44)49)39(60-27(3)51)46(38,55)41(53)59-7/h10-14,16,21-22,28,37-39,47,54-55H,8-9,15,17-20,23-26H2,1-7H3/t28-,37-,38+,39+,42-,43+,44+,45-,46-,50-/m0/s1. The van der Waals surface area contributed by atoms with Crippen LogP contribution in [-0.4, -0.2) is 133 Å². The Hall–Kier alpha value is -4.47. The minimum absolute atomic E-state index is 0.0737. The second-order valence-corrected chi connectivity index (χ2v) is 18.6. The van der Waals surface area contributed by atoms with Gasteiger partial charge in [-0.3, -0.25) is 14.5 Å². The lowest BCUT2D eigenvalue weighted by atomic mass is 9.47. The van der Waals surface area contributed by atoms with E-state index in [-0.39, 0.29) is 32.1 Å². The number of para-hydroxylation sites is 1. The summed E-state index contributed by atoms with van der Waals surface area (Å²) in [7, 11) is 6.01. The van der Waals surface area contributed by atoms with Gasteiger partial charge in [0.05, 0.1) is 40.5 Å². The number of hydrogen-bond acceptors (Lipinski definition) is 12. The fraction of sp³-hybridized carbons (Fsp3) is 0.587. The van der Waals surface area contributed by atoms with Crippen LogP contribution in [0.25, 0.3) is 10.9 Å². The molecular weight excluding hydrogens is 769 g/mol. The minimum atomic E-state index is -2.34. The lowest BCUT2D eigenvalue weighted by molar-refractivity contribution is -0.896. The number of quaternary nitrogens is 1. The quantitative estimate of drug-likeness (QED) is 0.103. The molecule has 60 heavy (non-hydrogen) atoms. The van der Waals surface area contributed by atoms with E-state index in [0.717, 1.165) is 22.0 Å². The van der Waals surface area contributed by atoms with Crippen molar-refractivity contribution in [2.24, 2.45) is 11.3 Å². The summed E-state index contributed by atoms with van der Waals surface area (Å²) in [4.78, 5) is 50.7. The van der Waals surface area contributed by atoms with E-state index in [9.17, 15) is 25.0 Å². The second-order valence-electron chi connectivity index (χ2n) is 18.6. The summed E-state index contributed by atoms with van der Waals surface area (Å²) in [6.07, 6.45) is 4.94. The molecule has 9 rings (SSSR count). The Morgan fingerprint density at radius 2 is 1.75 bits per heavy atom. The Kier molecular flexibility index (Phi) is 9.39. The van der Waals surface area contributed by atoms with Crippen molar-refractivity contribution >= 4 is 34.5 Å². The van der Waals surface area contributed by atoms with Crippen LogP contribution in [0.4, 0.5) is 5.69 Å². The van der Waals surface area contributed by atoms with Crippen molar-refractivity contribution in [3.63, 3.8) is 0 Å². The number of ether oxygens (including phenoxy) is 4. The van der Waals surface area contributed by atoms with E-state index in [1.165, 1.54) is 21.1 Å². The Labute approximate surface area is 350 Å². The summed E-state index contributed by atoms with van der Waals surface area (Å²) in [6.45, 7) is 6.94. The number of anilines is 1. The molecule has 2 saturated heterocycles. The van der Waals surface area contributed by atoms with Gasteiger partial charge in [0.15, 0.2) is 6.10 Å². The number of hydroxylamine groups is 3. The first kappa shape index (κ1) is 40.9. The largest absolute Gasteiger partial charge is 0.633 e. The molecule has 1 aromatic heterocycles. The zero-order valence-electron chi connectivity index (χ0n) is 35.7. The zero-order valence-corrected chi connectivity index (χ0v) is 35.7. The monoisotopic (exact) mass is 826 g/mol. The van der Waals surface area contributed by atoms with Crippen LogP contribution in [0.1, 0.15) is 75.3 Å². The highest BCUT2D eigenvalue weighted by atomic mass is 16.6. The molecule has 2 bridgehead atoms. The predicted octanol–water partition coefficient (Wildman–Crippen LogP) is 4.00. The zero-order chi connectivity index (χ0) is 42.8. The average Bonchev–Trinajstić information content (AvgIpc) is 3.89. The predicted molar refractivity (Wildman–Crippen MR) is 222 cm³/mol. The smallest absolute Gasteiger partial charge is 0.344 e. The molecule has 3 fully saturated rings. The number of nitrogens with zero attached hydrogens (tertiary/aromatic N) is 3. The van der Waals surface area contributed by atoms with Crippen molar-refractivity contribution in [3.05, 3.63) is 76.1 Å². The fourth-order valence-electron chi connectivity index (χ4n) is 13.8. The van der Waals surface area contributed by atoms with Crippen molar-refractivity contribution in [1.82, 2.24) is 9.88 Å². The van der Waals surface area contributed by atoms with Gasteiger partial charge in [-0.05, 0) is 61.9 Å². The molecule has 6 aliphatic rings. The van der Waals surface area contributed by atoms with Crippen LogP contribution in [0.5, 0.6) is 5.75 Å². The van der Waals surface area contributed by atoms with E-state index >= 15 is 4.79 Å². The van der Waals surface area contributed by atoms with Crippen LogP contribution >= 0.6 is 0 Å². The lowest BCUT2D eigenvalue weighted by Crippen LogP contribution is -2.81. The van der Waals surface area contributed by atoms with Gasteiger partial charge in [0.1, 0.15) is 23.3 Å². The molecule has 1 aliphatic carbocycles. The summed E-state index contributed by atoms with van der Waals surface area (Å²) < 4.78 is 23.2. The molecule has 14 nitrogen and oxygen atoms in total. The maximum atomic E-state index is 15.3. The van der Waals surface area contributed by atoms with Crippen LogP contribution in [-0.2, 0) is 45.8 Å². The number of H-pyrrole nitrogens is 1. The summed E-state index contributed by atoms with van der Waals surface area (Å²) in [5.74, 6) is -2.08. The van der Waals surface area contributed by atoms with Crippen LogP contribution < -0.4 is 9.64 Å². The summed E-state index contributed by atoms with van der Waals surface area (Å²) in [5.41, 5.74) is -2.80. The third-order valence-corrected chi connectivity index (χ3v) is 15.8. The second kappa shape index (κ2) is 13.8. The van der Waals surface area contributed by atoms with Gasteiger partial charge < -0.3 is 48.9 Å². The van der Waals surface area contributed by atoms with Gasteiger partial charge in [-0.2, -0.15) is 0 Å². The van der Waals surface area contributed by atoms with Crippen molar-refractivity contribution in [2.75, 3.05) is 66.0 Å². The molecule has 6 heterocycles. The number of rotatable bonds is 7. The molecule has 3 N–H and O–H groups in total. The van der Waals surface area contributed by atoms with Gasteiger partial charge in [-0.25, -0.2) is 4.79 Å². The first-order chi connectivity index (χ1) is 28.6. The highest BCUT2D eigenvalue weighted by Gasteiger charge is 2.80. The molecule has 14 heteroatoms. The molecule has 10 atom stereocenters. The van der Waals surface area contributed by atoms with Gasteiger partial charge in [0, 0.05) is 83.6 Å². The number of likely N-dealkylation sites (N-methyl/N-ethyl adjacent to an activating group) is 1. The number of benzene rings is 2. The van der Waals surface area contributed by atoms with E-state index in [0.29, 0.717) is 67.9 Å². The molecule has 5 aliphatic heterocycles. The van der Waals surface area contributed by atoms with Gasteiger partial charge in [0.2, 0.25) is 5.60 Å². The van der Waals surface area contributed by atoms with Crippen molar-refractivity contribution in [1.29, 1.82) is 0 Å². The number of carbonyl (C=O) groups is 3. The van der Waals surface area contributed by atoms with E-state index in [4.69, 9.17) is 18.9 Å². The molecule has 2 aromatic carbocycles. The molecule has 0 unspecified atom stereocenters. The highest BCUT2D eigenvalue weighted by molar-refractivity contribution is 5.95. The molecule has 0 amide bonds. The number of aromatic nitrogens is 1. The SMILES string of the molecule is CC[C@]1(O)C[C@H]2C[C@](C(=O)OC)(c3cc4c(cc3OC)N(C)[C@H]3[C@@](O)(C(=O)OC)[C@H](OC(C)=O)[C@]5(CC)C=CCN6CC[C@]43[C@@H]65)c3[nH]c4ccccc4c3CC[N@+]([O-])(C2)C1. The van der Waals surface area contributed by atoms with Crippen LogP contribution in [0, 0.1) is 16.5 Å². The Balaban J connectivity index is 1.37. The third-order valence-electron chi connectivity index (χ3n) is 15.8. The molecule has 1 saturated carbocycles. The summed E-state index contributed by atoms with van der Waals surface area (Å²) in [6, 6.07) is 10.5. The molecule has 322 valence electrons. The number of piperidine rings is 1. The van der Waals surface area contributed by atoms with Gasteiger partial charge in [-0.15, -0.1) is 0 Å². The Bertz CT molecular complexity index is 2310. The Morgan fingerprint density at radius 3 is 2.43 bits per heavy atom. The van der Waals surface area contributed by atoms with Crippen molar-refractivity contribution in [3.8, 4) is 5.75 Å². The molecular formula is C46H58N4O10. The first-order valence-electron chi connectivity index (χ1n) is 21.4.